The molecule has 1 saturated carbocycles. The molecule has 1 aromatic heterocycles. The molecule has 0 radical (unpaired) electrons. The number of aromatic nitrogens is 1. The maximum atomic E-state index is 12.6. The van der Waals surface area contributed by atoms with Gasteiger partial charge in [-0.1, -0.05) is 6.07 Å². The number of amides is 2. The van der Waals surface area contributed by atoms with E-state index in [0.29, 0.717) is 5.82 Å². The van der Waals surface area contributed by atoms with Gasteiger partial charge >= 0.3 is 6.09 Å². The van der Waals surface area contributed by atoms with Crippen LogP contribution in [0.1, 0.15) is 64.5 Å². The Labute approximate surface area is 149 Å². The van der Waals surface area contributed by atoms with Crippen LogP contribution >= 0.6 is 0 Å². The fraction of sp³-hybridized carbons (Fsp3) is 0.632. The lowest BCUT2D eigenvalue weighted by molar-refractivity contribution is -0.118. The molecule has 2 aliphatic rings. The summed E-state index contributed by atoms with van der Waals surface area (Å²) in [5.41, 5.74) is 0.485. The van der Waals surface area contributed by atoms with Crippen molar-refractivity contribution in [2.75, 3.05) is 11.4 Å². The molecule has 1 atom stereocenters. The van der Waals surface area contributed by atoms with Crippen LogP contribution in [0.25, 0.3) is 0 Å². The minimum Gasteiger partial charge on any atom is -0.443 e. The summed E-state index contributed by atoms with van der Waals surface area (Å²) in [5, 5.41) is 0. The highest BCUT2D eigenvalue weighted by Crippen LogP contribution is 2.33. The van der Waals surface area contributed by atoms with Crippen LogP contribution in [0.4, 0.5) is 10.6 Å². The molecular formula is C19H27N3O3. The zero-order valence-electron chi connectivity index (χ0n) is 15.3. The number of hydrogen-bond donors (Lipinski definition) is 0. The Morgan fingerprint density at radius 2 is 2.04 bits per heavy atom. The van der Waals surface area contributed by atoms with Crippen LogP contribution in [0, 0.1) is 0 Å². The molecule has 0 aromatic carbocycles. The first-order valence-corrected chi connectivity index (χ1v) is 9.08. The van der Waals surface area contributed by atoms with Crippen molar-refractivity contribution >= 4 is 18.3 Å². The third-order valence-electron chi connectivity index (χ3n) is 4.86. The maximum Gasteiger partial charge on any atom is 0.416 e. The molecule has 136 valence electrons. The van der Waals surface area contributed by atoms with Crippen molar-refractivity contribution < 1.29 is 14.3 Å². The Morgan fingerprint density at radius 1 is 1.28 bits per heavy atom. The van der Waals surface area contributed by atoms with E-state index in [1.807, 2.05) is 37.8 Å². The Bertz CT molecular complexity index is 620. The van der Waals surface area contributed by atoms with Gasteiger partial charge in [0.2, 0.25) is 6.41 Å². The van der Waals surface area contributed by atoms with E-state index in [1.165, 1.54) is 0 Å². The van der Waals surface area contributed by atoms with Crippen molar-refractivity contribution in [2.24, 2.45) is 0 Å². The first kappa shape index (κ1) is 17.7. The molecule has 2 heterocycles. The molecule has 1 aliphatic carbocycles. The smallest absolute Gasteiger partial charge is 0.416 e. The van der Waals surface area contributed by atoms with Crippen LogP contribution in [0.5, 0.6) is 0 Å². The van der Waals surface area contributed by atoms with Crippen LogP contribution in [0.2, 0.25) is 0 Å². The number of nitrogens with zero attached hydrogens (tertiary/aromatic N) is 3. The molecule has 3 rings (SSSR count). The van der Waals surface area contributed by atoms with Gasteiger partial charge in [-0.25, -0.2) is 9.78 Å². The lowest BCUT2D eigenvalue weighted by Gasteiger charge is -2.37. The van der Waals surface area contributed by atoms with Gasteiger partial charge in [0, 0.05) is 18.8 Å². The summed E-state index contributed by atoms with van der Waals surface area (Å²) in [6, 6.07) is 4.10. The van der Waals surface area contributed by atoms with Crippen LogP contribution in [-0.4, -0.2) is 40.6 Å². The average Bonchev–Trinajstić information content (AvgIpc) is 2.97. The van der Waals surface area contributed by atoms with Crippen molar-refractivity contribution in [1.82, 2.24) is 9.88 Å². The highest BCUT2D eigenvalue weighted by atomic mass is 16.6. The number of likely N-dealkylation sites (tertiary alicyclic amines) is 1. The van der Waals surface area contributed by atoms with Gasteiger partial charge in [-0.2, -0.15) is 0 Å². The zero-order chi connectivity index (χ0) is 18.0. The van der Waals surface area contributed by atoms with E-state index in [-0.39, 0.29) is 18.2 Å². The topological polar surface area (TPSA) is 62.7 Å². The Kier molecular flexibility index (Phi) is 4.97. The molecule has 1 aliphatic heterocycles. The van der Waals surface area contributed by atoms with Crippen LogP contribution in [-0.2, 0) is 9.53 Å². The summed E-state index contributed by atoms with van der Waals surface area (Å²) >= 11 is 0. The van der Waals surface area contributed by atoms with E-state index in [0.717, 1.165) is 50.6 Å². The fourth-order valence-electron chi connectivity index (χ4n) is 3.40. The number of rotatable bonds is 4. The lowest BCUT2D eigenvalue weighted by Crippen LogP contribution is -2.47. The number of pyridine rings is 1. The molecule has 6 nitrogen and oxygen atoms in total. The van der Waals surface area contributed by atoms with Crippen LogP contribution in [0.15, 0.2) is 18.3 Å². The van der Waals surface area contributed by atoms with Gasteiger partial charge in [0.1, 0.15) is 11.4 Å². The Hall–Kier alpha value is -2.11. The van der Waals surface area contributed by atoms with Crippen molar-refractivity contribution in [3.05, 3.63) is 23.9 Å². The predicted molar refractivity (Wildman–Crippen MR) is 95.3 cm³/mol. The number of carbonyl (C=O) groups is 2. The monoisotopic (exact) mass is 345 g/mol. The minimum absolute atomic E-state index is 0.0951. The molecule has 0 bridgehead atoms. The van der Waals surface area contributed by atoms with E-state index >= 15 is 0 Å². The predicted octanol–water partition coefficient (Wildman–Crippen LogP) is 3.67. The maximum absolute atomic E-state index is 12.6. The number of anilines is 1. The number of ether oxygens (including phenoxy) is 1. The van der Waals surface area contributed by atoms with Crippen molar-refractivity contribution in [3.63, 3.8) is 0 Å². The molecule has 6 heteroatoms. The molecular weight excluding hydrogens is 318 g/mol. The van der Waals surface area contributed by atoms with Crippen LogP contribution < -0.4 is 4.90 Å². The van der Waals surface area contributed by atoms with Gasteiger partial charge in [-0.05, 0) is 64.5 Å². The standard InChI is InChI=1S/C19H27N3O3/c1-19(2,3)25-18(24)22(15-6-4-7-15)17-10-9-14(12-20-17)16-8-5-11-21(16)13-23/h9-10,12-13,15-16H,4-8,11H2,1-3H3. The average molecular weight is 345 g/mol. The van der Waals surface area contributed by atoms with E-state index in [9.17, 15) is 9.59 Å². The fourth-order valence-corrected chi connectivity index (χ4v) is 3.40. The highest BCUT2D eigenvalue weighted by molar-refractivity contribution is 5.87. The quantitative estimate of drug-likeness (QED) is 0.781. The molecule has 1 saturated heterocycles. The van der Waals surface area contributed by atoms with Crippen molar-refractivity contribution in [1.29, 1.82) is 0 Å². The third kappa shape index (κ3) is 3.94. The van der Waals surface area contributed by atoms with E-state index < -0.39 is 5.60 Å². The highest BCUT2D eigenvalue weighted by Gasteiger charge is 2.34. The first-order valence-electron chi connectivity index (χ1n) is 9.08. The van der Waals surface area contributed by atoms with Gasteiger partial charge < -0.3 is 9.64 Å². The van der Waals surface area contributed by atoms with Gasteiger partial charge in [0.15, 0.2) is 0 Å². The largest absolute Gasteiger partial charge is 0.443 e. The minimum atomic E-state index is -0.534. The lowest BCUT2D eigenvalue weighted by atomic mass is 9.91. The second-order valence-electron chi connectivity index (χ2n) is 7.89. The summed E-state index contributed by atoms with van der Waals surface area (Å²) in [5.74, 6) is 0.623. The summed E-state index contributed by atoms with van der Waals surface area (Å²) in [7, 11) is 0. The third-order valence-corrected chi connectivity index (χ3v) is 4.86. The molecule has 25 heavy (non-hydrogen) atoms. The van der Waals surface area contributed by atoms with Gasteiger partial charge in [-0.3, -0.25) is 9.69 Å². The second kappa shape index (κ2) is 7.02. The van der Waals surface area contributed by atoms with Gasteiger partial charge in [0.25, 0.3) is 0 Å². The molecule has 1 aromatic rings. The van der Waals surface area contributed by atoms with Gasteiger partial charge in [0.05, 0.1) is 6.04 Å². The molecule has 0 spiro atoms. The van der Waals surface area contributed by atoms with Crippen LogP contribution in [0.3, 0.4) is 0 Å². The first-order chi connectivity index (χ1) is 11.9. The molecule has 2 fully saturated rings. The van der Waals surface area contributed by atoms with Crippen molar-refractivity contribution in [3.8, 4) is 0 Å². The zero-order valence-corrected chi connectivity index (χ0v) is 15.3. The summed E-state index contributed by atoms with van der Waals surface area (Å²) < 4.78 is 5.57. The van der Waals surface area contributed by atoms with Crippen molar-refractivity contribution in [2.45, 2.75) is 70.6 Å². The van der Waals surface area contributed by atoms with Gasteiger partial charge in [-0.15, -0.1) is 0 Å². The van der Waals surface area contributed by atoms with E-state index in [2.05, 4.69) is 4.98 Å². The second-order valence-corrected chi connectivity index (χ2v) is 7.89. The normalized spacial score (nSPS) is 20.9. The summed E-state index contributed by atoms with van der Waals surface area (Å²) in [6.45, 7) is 6.40. The van der Waals surface area contributed by atoms with E-state index in [1.54, 1.807) is 11.1 Å². The summed E-state index contributed by atoms with van der Waals surface area (Å²) in [6.07, 6.45) is 7.40. The molecule has 2 amide bonds. The molecule has 1 unspecified atom stereocenters. The SMILES string of the molecule is CC(C)(C)OC(=O)N(c1ccc(C2CCCN2C=O)cn1)C1CCC1. The number of hydrogen-bond acceptors (Lipinski definition) is 4. The Balaban J connectivity index is 1.79. The summed E-state index contributed by atoms with van der Waals surface area (Å²) in [4.78, 5) is 31.8. The molecule has 0 N–H and O–H groups in total. The van der Waals surface area contributed by atoms with E-state index in [4.69, 9.17) is 4.74 Å². The Morgan fingerprint density at radius 3 is 2.56 bits per heavy atom. The number of carbonyl (C=O) groups excluding carboxylic acids is 2.